The Morgan fingerprint density at radius 2 is 2.17 bits per heavy atom. The second-order valence-electron chi connectivity index (χ2n) is 6.42. The number of amides is 3. The quantitative estimate of drug-likeness (QED) is 0.323. The second-order valence-corrected chi connectivity index (χ2v) is 6.42. The molecule has 1 heterocycles. The summed E-state index contributed by atoms with van der Waals surface area (Å²) in [6.45, 7) is 5.68. The van der Waals surface area contributed by atoms with E-state index in [1.165, 1.54) is 4.90 Å². The Labute approximate surface area is 136 Å². The van der Waals surface area contributed by atoms with Gasteiger partial charge in [-0.1, -0.05) is 38.8 Å². The number of carbonyl (C=O) groups is 3. The van der Waals surface area contributed by atoms with Crippen LogP contribution in [0.3, 0.4) is 0 Å². The van der Waals surface area contributed by atoms with Crippen molar-refractivity contribution in [3.05, 3.63) is 12.2 Å². The number of nitrogens with zero attached hydrogens (tertiary/aromatic N) is 2. The molecule has 3 amide bonds. The maximum Gasteiger partial charge on any atom is 0.330 e. The molecule has 0 N–H and O–H groups in total. The number of hydrogen-bond donors (Lipinski definition) is 0. The topological polar surface area (TPSA) is 66.9 Å². The summed E-state index contributed by atoms with van der Waals surface area (Å²) in [5.41, 5.74) is -0.155. The first kappa shape index (κ1) is 17.1. The molecule has 0 aromatic rings. The number of urea groups is 1. The zero-order chi connectivity index (χ0) is 17.2. The van der Waals surface area contributed by atoms with Crippen LogP contribution in [-0.2, 0) is 14.3 Å². The van der Waals surface area contributed by atoms with Gasteiger partial charge in [-0.3, -0.25) is 9.59 Å². The summed E-state index contributed by atoms with van der Waals surface area (Å²) in [7, 11) is 0. The van der Waals surface area contributed by atoms with Gasteiger partial charge in [0.25, 0.3) is 5.91 Å². The van der Waals surface area contributed by atoms with Gasteiger partial charge in [-0.05, 0) is 17.8 Å². The van der Waals surface area contributed by atoms with E-state index in [-0.39, 0.29) is 43.0 Å². The van der Waals surface area contributed by atoms with E-state index in [2.05, 4.69) is 5.92 Å². The summed E-state index contributed by atoms with van der Waals surface area (Å²) in [4.78, 5) is 38.1. The van der Waals surface area contributed by atoms with Crippen molar-refractivity contribution >= 4 is 17.9 Å². The highest BCUT2D eigenvalue weighted by molar-refractivity contribution is 6.02. The fourth-order valence-corrected chi connectivity index (χ4v) is 2.94. The predicted octanol–water partition coefficient (Wildman–Crippen LogP) is 1.62. The Kier molecular flexibility index (Phi) is 4.79. The van der Waals surface area contributed by atoms with Gasteiger partial charge in [0.05, 0.1) is 12.5 Å². The van der Waals surface area contributed by atoms with Crippen LogP contribution in [0.4, 0.5) is 4.79 Å². The molecule has 0 unspecified atom stereocenters. The third-order valence-electron chi connectivity index (χ3n) is 4.49. The Morgan fingerprint density at radius 3 is 2.78 bits per heavy atom. The fraction of sp³-hybridized carbons (Fsp3) is 0.588. The van der Waals surface area contributed by atoms with Gasteiger partial charge in [-0.15, -0.1) is 6.42 Å². The molecule has 1 aliphatic heterocycles. The number of ether oxygens (including phenoxy) is 1. The van der Waals surface area contributed by atoms with Crippen LogP contribution >= 0.6 is 0 Å². The van der Waals surface area contributed by atoms with Crippen molar-refractivity contribution < 1.29 is 19.1 Å². The van der Waals surface area contributed by atoms with Crippen LogP contribution in [0.5, 0.6) is 0 Å². The molecule has 2 fully saturated rings. The molecule has 1 saturated carbocycles. The molecule has 23 heavy (non-hydrogen) atoms. The molecule has 0 aromatic heterocycles. The molecule has 2 atom stereocenters. The number of terminal acetylenes is 1. The number of hydrogen-bond acceptors (Lipinski definition) is 4. The average Bonchev–Trinajstić information content (AvgIpc) is 2.93. The minimum Gasteiger partial charge on any atom is -0.443 e. The van der Waals surface area contributed by atoms with Crippen LogP contribution in [0.15, 0.2) is 12.2 Å². The SMILES string of the molecule is C#CCN1CC(=O)N(COC(=O)[C@@H]2[C@@H](C=CCC)C2(C)C)C1=O. The minimum absolute atomic E-state index is 0.0641. The number of carbonyl (C=O) groups excluding carboxylic acids is 3. The molecule has 6 nitrogen and oxygen atoms in total. The summed E-state index contributed by atoms with van der Waals surface area (Å²) in [6, 6.07) is -0.516. The summed E-state index contributed by atoms with van der Waals surface area (Å²) < 4.78 is 5.20. The molecule has 0 aromatic carbocycles. The lowest BCUT2D eigenvalue weighted by Gasteiger charge is -2.15. The maximum absolute atomic E-state index is 12.2. The average molecular weight is 318 g/mol. The zero-order valence-electron chi connectivity index (χ0n) is 13.7. The van der Waals surface area contributed by atoms with Crippen molar-refractivity contribution in [1.82, 2.24) is 9.80 Å². The van der Waals surface area contributed by atoms with Crippen LogP contribution in [0, 0.1) is 29.6 Å². The number of rotatable bonds is 6. The van der Waals surface area contributed by atoms with Gasteiger partial charge in [-0.2, -0.15) is 0 Å². The van der Waals surface area contributed by atoms with Crippen LogP contribution in [0.25, 0.3) is 0 Å². The molecule has 1 saturated heterocycles. The molecule has 0 bridgehead atoms. The summed E-state index contributed by atoms with van der Waals surface area (Å²) in [6.07, 6.45) is 10.1. The van der Waals surface area contributed by atoms with Gasteiger partial charge >= 0.3 is 12.0 Å². The molecule has 0 radical (unpaired) electrons. The molecule has 6 heteroatoms. The summed E-state index contributed by atoms with van der Waals surface area (Å²) in [5, 5.41) is 0. The van der Waals surface area contributed by atoms with Gasteiger partial charge < -0.3 is 9.64 Å². The van der Waals surface area contributed by atoms with E-state index in [1.54, 1.807) is 0 Å². The van der Waals surface area contributed by atoms with E-state index in [4.69, 9.17) is 11.2 Å². The van der Waals surface area contributed by atoms with Crippen molar-refractivity contribution in [3.63, 3.8) is 0 Å². The maximum atomic E-state index is 12.2. The molecule has 0 spiro atoms. The van der Waals surface area contributed by atoms with Crippen LogP contribution in [0.2, 0.25) is 0 Å². The second kappa shape index (κ2) is 6.45. The van der Waals surface area contributed by atoms with Gasteiger partial charge in [0.2, 0.25) is 0 Å². The minimum atomic E-state index is -0.516. The number of esters is 1. The van der Waals surface area contributed by atoms with Gasteiger partial charge in [0.15, 0.2) is 6.73 Å². The Morgan fingerprint density at radius 1 is 1.48 bits per heavy atom. The van der Waals surface area contributed by atoms with E-state index in [0.717, 1.165) is 11.3 Å². The Bertz CT molecular complexity index is 588. The Balaban J connectivity index is 1.91. The highest BCUT2D eigenvalue weighted by atomic mass is 16.5. The third-order valence-corrected chi connectivity index (χ3v) is 4.49. The molecular formula is C17H22N2O4. The lowest BCUT2D eigenvalue weighted by atomic mass is 10.1. The van der Waals surface area contributed by atoms with Crippen LogP contribution < -0.4 is 0 Å². The van der Waals surface area contributed by atoms with Crippen molar-refractivity contribution in [2.45, 2.75) is 27.2 Å². The Hall–Kier alpha value is -2.29. The monoisotopic (exact) mass is 318 g/mol. The first-order valence-electron chi connectivity index (χ1n) is 7.70. The van der Waals surface area contributed by atoms with Gasteiger partial charge in [-0.25, -0.2) is 9.69 Å². The fourth-order valence-electron chi connectivity index (χ4n) is 2.94. The van der Waals surface area contributed by atoms with Crippen molar-refractivity contribution in [2.24, 2.45) is 17.3 Å². The zero-order valence-corrected chi connectivity index (χ0v) is 13.7. The normalized spacial score (nSPS) is 25.8. The van der Waals surface area contributed by atoms with Crippen LogP contribution in [-0.4, -0.2) is 47.5 Å². The molecule has 2 rings (SSSR count). The van der Waals surface area contributed by atoms with E-state index < -0.39 is 11.9 Å². The molecule has 124 valence electrons. The molecule has 1 aliphatic carbocycles. The van der Waals surface area contributed by atoms with Gasteiger partial charge in [0.1, 0.15) is 6.54 Å². The van der Waals surface area contributed by atoms with Crippen LogP contribution in [0.1, 0.15) is 27.2 Å². The van der Waals surface area contributed by atoms with Crippen molar-refractivity contribution in [1.29, 1.82) is 0 Å². The first-order chi connectivity index (χ1) is 10.8. The summed E-state index contributed by atoms with van der Waals surface area (Å²) >= 11 is 0. The summed E-state index contributed by atoms with van der Waals surface area (Å²) in [5.74, 6) is 1.44. The highest BCUT2D eigenvalue weighted by Crippen LogP contribution is 2.59. The van der Waals surface area contributed by atoms with Gasteiger partial charge in [0, 0.05) is 0 Å². The lowest BCUT2D eigenvalue weighted by Crippen LogP contribution is -2.36. The number of allylic oxidation sites excluding steroid dienone is 2. The van der Waals surface area contributed by atoms with E-state index in [1.807, 2.05) is 32.9 Å². The van der Waals surface area contributed by atoms with Crippen molar-refractivity contribution in [2.75, 3.05) is 19.8 Å². The van der Waals surface area contributed by atoms with E-state index >= 15 is 0 Å². The number of imide groups is 1. The smallest absolute Gasteiger partial charge is 0.330 e. The van der Waals surface area contributed by atoms with Crippen molar-refractivity contribution in [3.8, 4) is 12.3 Å². The largest absolute Gasteiger partial charge is 0.443 e. The molecule has 2 aliphatic rings. The van der Waals surface area contributed by atoms with E-state index in [0.29, 0.717) is 0 Å². The predicted molar refractivity (Wildman–Crippen MR) is 83.8 cm³/mol. The molecular weight excluding hydrogens is 296 g/mol. The highest BCUT2D eigenvalue weighted by Gasteiger charge is 2.61. The first-order valence-corrected chi connectivity index (χ1v) is 7.70. The van der Waals surface area contributed by atoms with E-state index in [9.17, 15) is 14.4 Å². The third kappa shape index (κ3) is 3.24. The lowest BCUT2D eigenvalue weighted by molar-refractivity contribution is -0.151. The standard InChI is InChI=1S/C17H22N2O4/c1-5-7-8-12-14(17(12,3)4)15(21)23-11-19-13(20)10-18(9-6-2)16(19)22/h2,7-8,12,14H,5,9-11H2,1,3-4H3/t12-,14+/m1/s1.